The van der Waals surface area contributed by atoms with E-state index >= 15 is 0 Å². The molecule has 25 heavy (non-hydrogen) atoms. The molecule has 0 bridgehead atoms. The zero-order chi connectivity index (χ0) is 18.1. The molecule has 0 aromatic heterocycles. The van der Waals surface area contributed by atoms with Crippen LogP contribution >= 0.6 is 0 Å². The normalized spacial score (nSPS) is 38.6. The monoisotopic (exact) mass is 373 g/mol. The van der Waals surface area contributed by atoms with Crippen LogP contribution < -0.4 is 14.8 Å². The standard InChI is InChI=1S/C9H16N2O.C7H15N3O2S/c1-11-6-2-4-9(7-11)5-3-8(12)10-9;1-10-4-2-3-7(6-10)5-8-13(11,12)9-7/h2-7H2,1H3,(H,10,12);8-9H,2-6H2,1H3. The first-order chi connectivity index (χ1) is 11.7. The van der Waals surface area contributed by atoms with Gasteiger partial charge in [0, 0.05) is 26.1 Å². The molecule has 4 aliphatic heterocycles. The van der Waals surface area contributed by atoms with E-state index in [2.05, 4.69) is 31.6 Å². The van der Waals surface area contributed by atoms with E-state index in [0.717, 1.165) is 45.3 Å². The summed E-state index contributed by atoms with van der Waals surface area (Å²) in [5, 5.41) is 3.12. The molecule has 8 nitrogen and oxygen atoms in total. The molecule has 0 radical (unpaired) electrons. The molecule has 0 aromatic rings. The second-order valence-corrected chi connectivity index (χ2v) is 9.72. The summed E-state index contributed by atoms with van der Waals surface area (Å²) in [6, 6.07) is 0. The molecule has 0 aliphatic carbocycles. The Hall–Kier alpha value is -0.740. The van der Waals surface area contributed by atoms with Crippen molar-refractivity contribution in [3.8, 4) is 0 Å². The largest absolute Gasteiger partial charge is 0.349 e. The number of piperidine rings is 2. The minimum atomic E-state index is -3.20. The Kier molecular flexibility index (Phi) is 5.41. The number of amides is 1. The third-order valence-corrected chi connectivity index (χ3v) is 6.95. The first-order valence-electron chi connectivity index (χ1n) is 9.18. The second kappa shape index (κ2) is 7.11. The van der Waals surface area contributed by atoms with Crippen molar-refractivity contribution in [1.82, 2.24) is 24.6 Å². The SMILES string of the molecule is CN1CCCC2(CCC(=O)N2)C1.CN1CCCC2(CNS(=O)(=O)N2)C1. The molecule has 2 unspecified atom stereocenters. The number of carbonyl (C=O) groups is 1. The van der Waals surface area contributed by atoms with Gasteiger partial charge in [-0.2, -0.15) is 13.1 Å². The third-order valence-electron chi connectivity index (χ3n) is 5.72. The molecule has 9 heteroatoms. The molecule has 3 N–H and O–H groups in total. The number of rotatable bonds is 0. The van der Waals surface area contributed by atoms with Crippen LogP contribution in [0.15, 0.2) is 0 Å². The average molecular weight is 374 g/mol. The lowest BCUT2D eigenvalue weighted by Crippen LogP contribution is -2.55. The van der Waals surface area contributed by atoms with Gasteiger partial charge in [-0.05, 0) is 59.3 Å². The number of hydrogen-bond donors (Lipinski definition) is 3. The summed E-state index contributed by atoms with van der Waals surface area (Å²) in [5.74, 6) is 0.241. The van der Waals surface area contributed by atoms with Crippen molar-refractivity contribution in [2.24, 2.45) is 0 Å². The van der Waals surface area contributed by atoms with Crippen LogP contribution in [-0.4, -0.2) is 82.0 Å². The van der Waals surface area contributed by atoms with E-state index in [4.69, 9.17) is 0 Å². The van der Waals surface area contributed by atoms with Crippen molar-refractivity contribution in [2.75, 3.05) is 46.8 Å². The summed E-state index contributed by atoms with van der Waals surface area (Å²) in [6.07, 6.45) is 6.15. The Bertz CT molecular complexity index is 613. The molecule has 4 fully saturated rings. The van der Waals surface area contributed by atoms with E-state index in [0.29, 0.717) is 6.54 Å². The Morgan fingerprint density at radius 3 is 2.04 bits per heavy atom. The first kappa shape index (κ1) is 19.0. The maximum atomic E-state index is 11.2. The lowest BCUT2D eigenvalue weighted by molar-refractivity contribution is -0.120. The van der Waals surface area contributed by atoms with E-state index in [9.17, 15) is 13.2 Å². The van der Waals surface area contributed by atoms with Gasteiger partial charge in [-0.25, -0.2) is 4.72 Å². The van der Waals surface area contributed by atoms with Crippen molar-refractivity contribution in [1.29, 1.82) is 0 Å². The first-order valence-corrected chi connectivity index (χ1v) is 10.7. The Balaban J connectivity index is 0.000000146. The Morgan fingerprint density at radius 1 is 0.960 bits per heavy atom. The predicted octanol–water partition coefficient (Wildman–Crippen LogP) is -0.751. The molecular formula is C16H31N5O3S. The number of carbonyl (C=O) groups excluding carboxylic acids is 1. The zero-order valence-electron chi connectivity index (χ0n) is 15.3. The smallest absolute Gasteiger partial charge is 0.277 e. The van der Waals surface area contributed by atoms with Crippen LogP contribution in [0.2, 0.25) is 0 Å². The number of likely N-dealkylation sites (tertiary alicyclic amines) is 2. The van der Waals surface area contributed by atoms with Crippen LogP contribution in [0, 0.1) is 0 Å². The van der Waals surface area contributed by atoms with Crippen LogP contribution in [0.25, 0.3) is 0 Å². The summed E-state index contributed by atoms with van der Waals surface area (Å²) < 4.78 is 27.5. The van der Waals surface area contributed by atoms with Crippen LogP contribution in [0.5, 0.6) is 0 Å². The fourth-order valence-corrected chi connectivity index (χ4v) is 5.97. The fourth-order valence-electron chi connectivity index (χ4n) is 4.62. The molecular weight excluding hydrogens is 342 g/mol. The number of nitrogens with one attached hydrogen (secondary N) is 3. The molecule has 1 amide bonds. The predicted molar refractivity (Wildman–Crippen MR) is 96.4 cm³/mol. The molecule has 4 saturated heterocycles. The van der Waals surface area contributed by atoms with Gasteiger partial charge in [0.05, 0.1) is 11.1 Å². The summed E-state index contributed by atoms with van der Waals surface area (Å²) in [7, 11) is 0.947. The summed E-state index contributed by atoms with van der Waals surface area (Å²) in [4.78, 5) is 15.6. The van der Waals surface area contributed by atoms with Gasteiger partial charge in [0.1, 0.15) is 0 Å². The fraction of sp³-hybridized carbons (Fsp3) is 0.938. The van der Waals surface area contributed by atoms with E-state index in [-0.39, 0.29) is 17.0 Å². The zero-order valence-corrected chi connectivity index (χ0v) is 16.1. The molecule has 2 spiro atoms. The number of hydrogen-bond acceptors (Lipinski definition) is 5. The number of likely N-dealkylation sites (N-methyl/N-ethyl adjacent to an activating group) is 2. The minimum Gasteiger partial charge on any atom is -0.349 e. The van der Waals surface area contributed by atoms with Crippen LogP contribution in [0.3, 0.4) is 0 Å². The minimum absolute atomic E-state index is 0.143. The van der Waals surface area contributed by atoms with Gasteiger partial charge in [0.2, 0.25) is 5.91 Å². The van der Waals surface area contributed by atoms with Crippen molar-refractivity contribution in [3.05, 3.63) is 0 Å². The van der Waals surface area contributed by atoms with Gasteiger partial charge in [0.15, 0.2) is 0 Å². The van der Waals surface area contributed by atoms with Crippen molar-refractivity contribution in [3.63, 3.8) is 0 Å². The van der Waals surface area contributed by atoms with E-state index in [1.807, 2.05) is 7.05 Å². The van der Waals surface area contributed by atoms with Crippen molar-refractivity contribution >= 4 is 16.1 Å². The highest BCUT2D eigenvalue weighted by molar-refractivity contribution is 7.87. The highest BCUT2D eigenvalue weighted by Crippen LogP contribution is 2.29. The second-order valence-electron chi connectivity index (χ2n) is 8.22. The van der Waals surface area contributed by atoms with Gasteiger partial charge in [-0.1, -0.05) is 0 Å². The molecule has 0 aromatic carbocycles. The van der Waals surface area contributed by atoms with Gasteiger partial charge in [-0.15, -0.1) is 0 Å². The summed E-state index contributed by atoms with van der Waals surface area (Å²) >= 11 is 0. The molecule has 4 heterocycles. The van der Waals surface area contributed by atoms with E-state index in [1.54, 1.807) is 0 Å². The van der Waals surface area contributed by atoms with Crippen LogP contribution in [-0.2, 0) is 15.0 Å². The summed E-state index contributed by atoms with van der Waals surface area (Å²) in [6.45, 7) is 4.61. The maximum absolute atomic E-state index is 11.2. The molecule has 4 aliphatic rings. The van der Waals surface area contributed by atoms with Gasteiger partial charge in [0.25, 0.3) is 10.2 Å². The molecule has 2 atom stereocenters. The Morgan fingerprint density at radius 2 is 1.56 bits per heavy atom. The third kappa shape index (κ3) is 4.71. The van der Waals surface area contributed by atoms with Gasteiger partial charge < -0.3 is 15.1 Å². The van der Waals surface area contributed by atoms with E-state index in [1.165, 1.54) is 19.4 Å². The highest BCUT2D eigenvalue weighted by atomic mass is 32.2. The van der Waals surface area contributed by atoms with E-state index < -0.39 is 10.2 Å². The molecule has 144 valence electrons. The summed E-state index contributed by atoms with van der Waals surface area (Å²) in [5.41, 5.74) is -0.101. The average Bonchev–Trinajstić information content (AvgIpc) is 2.99. The van der Waals surface area contributed by atoms with Crippen molar-refractivity contribution < 1.29 is 13.2 Å². The quantitative estimate of drug-likeness (QED) is 0.519. The number of nitrogens with zero attached hydrogens (tertiary/aromatic N) is 2. The highest BCUT2D eigenvalue weighted by Gasteiger charge is 2.43. The molecule has 0 saturated carbocycles. The lowest BCUT2D eigenvalue weighted by atomic mass is 9.88. The molecule has 4 rings (SSSR count). The van der Waals surface area contributed by atoms with Crippen LogP contribution in [0.1, 0.15) is 38.5 Å². The van der Waals surface area contributed by atoms with Gasteiger partial charge >= 0.3 is 0 Å². The van der Waals surface area contributed by atoms with Crippen LogP contribution in [0.4, 0.5) is 0 Å². The van der Waals surface area contributed by atoms with Crippen molar-refractivity contribution in [2.45, 2.75) is 49.6 Å². The topological polar surface area (TPSA) is 93.8 Å². The lowest BCUT2D eigenvalue weighted by Gasteiger charge is -2.38. The Labute approximate surface area is 150 Å². The maximum Gasteiger partial charge on any atom is 0.277 e. The van der Waals surface area contributed by atoms with Gasteiger partial charge in [-0.3, -0.25) is 4.79 Å².